The number of carbonyl (C=O) groups excluding carboxylic acids is 1. The number of hydrogen-bond acceptors (Lipinski definition) is 6. The van der Waals surface area contributed by atoms with E-state index in [1.807, 2.05) is 6.08 Å². The van der Waals surface area contributed by atoms with Crippen molar-refractivity contribution in [3.8, 4) is 0 Å². The lowest BCUT2D eigenvalue weighted by atomic mass is 10.0. The van der Waals surface area contributed by atoms with Crippen LogP contribution >= 0.6 is 11.6 Å². The van der Waals surface area contributed by atoms with Crippen LogP contribution in [0.2, 0.25) is 5.02 Å². The molecule has 0 radical (unpaired) electrons. The third-order valence-electron chi connectivity index (χ3n) is 4.56. The summed E-state index contributed by atoms with van der Waals surface area (Å²) in [6, 6.07) is 3.26. The number of allylic oxidation sites excluding steroid dienone is 1. The summed E-state index contributed by atoms with van der Waals surface area (Å²) >= 11 is 5.89. The summed E-state index contributed by atoms with van der Waals surface area (Å²) in [5.41, 5.74) is 0.383. The number of halogens is 4. The van der Waals surface area contributed by atoms with Gasteiger partial charge in [-0.1, -0.05) is 22.9 Å². The van der Waals surface area contributed by atoms with E-state index in [1.165, 1.54) is 12.3 Å². The van der Waals surface area contributed by atoms with Crippen molar-refractivity contribution in [3.05, 3.63) is 63.8 Å². The largest absolute Gasteiger partial charge is 0.417 e. The van der Waals surface area contributed by atoms with Gasteiger partial charge in [0.15, 0.2) is 5.84 Å². The Labute approximate surface area is 168 Å². The number of alkyl halides is 3. The van der Waals surface area contributed by atoms with Gasteiger partial charge in [0.1, 0.15) is 11.4 Å². The highest BCUT2D eigenvalue weighted by Gasteiger charge is 2.35. The second kappa shape index (κ2) is 7.03. The molecule has 0 fully saturated rings. The van der Waals surface area contributed by atoms with Crippen LogP contribution in [0.1, 0.15) is 27.3 Å². The van der Waals surface area contributed by atoms with E-state index in [-0.39, 0.29) is 17.8 Å². The van der Waals surface area contributed by atoms with Crippen molar-refractivity contribution >= 4 is 29.3 Å². The van der Waals surface area contributed by atoms with E-state index in [9.17, 15) is 18.0 Å². The topological polar surface area (TPSA) is 75.4 Å². The summed E-state index contributed by atoms with van der Waals surface area (Å²) in [5.74, 6) is -0.115. The molecule has 0 amide bonds. The molecule has 1 aromatic carbocycles. The molecule has 0 aliphatic carbocycles. The molecule has 7 nitrogen and oxygen atoms in total. The zero-order valence-electron chi connectivity index (χ0n) is 15.0. The first kappa shape index (κ1) is 19.2. The molecule has 150 valence electrons. The van der Waals surface area contributed by atoms with Crippen LogP contribution in [-0.2, 0) is 12.7 Å². The molecular weight excluding hydrogens is 409 g/mol. The lowest BCUT2D eigenvalue weighted by molar-refractivity contribution is -0.137. The van der Waals surface area contributed by atoms with Gasteiger partial charge in [-0.05, 0) is 24.4 Å². The van der Waals surface area contributed by atoms with Crippen LogP contribution in [-0.4, -0.2) is 45.1 Å². The highest BCUT2D eigenvalue weighted by atomic mass is 35.5. The van der Waals surface area contributed by atoms with Crippen LogP contribution in [0, 0.1) is 0 Å². The zero-order valence-corrected chi connectivity index (χ0v) is 15.8. The molecule has 0 saturated carbocycles. The van der Waals surface area contributed by atoms with Crippen molar-refractivity contribution in [2.75, 3.05) is 13.6 Å². The number of Topliss-reactive ketones (excluding diaryl/α,β-unsaturated/α-hetero) is 1. The van der Waals surface area contributed by atoms with E-state index in [0.717, 1.165) is 23.5 Å². The third-order valence-corrected chi connectivity index (χ3v) is 4.97. The number of likely N-dealkylation sites (N-methyl/N-ethyl adjacent to an activating group) is 1. The highest BCUT2D eigenvalue weighted by molar-refractivity contribution is 6.35. The summed E-state index contributed by atoms with van der Waals surface area (Å²) in [5, 5.41) is 10.6. The fourth-order valence-corrected chi connectivity index (χ4v) is 3.41. The molecule has 1 aromatic heterocycles. The number of fused-ring (bicyclic) bond motifs is 1. The number of carbonyl (C=O) groups is 1. The smallest absolute Gasteiger partial charge is 0.385 e. The Balaban J connectivity index is 1.68. The Bertz CT molecular complexity index is 1090. The number of hydrogen-bond donors (Lipinski definition) is 1. The molecule has 0 saturated heterocycles. The first-order valence-corrected chi connectivity index (χ1v) is 8.88. The molecule has 11 heteroatoms. The van der Waals surface area contributed by atoms with Crippen LogP contribution in [0.4, 0.5) is 13.2 Å². The summed E-state index contributed by atoms with van der Waals surface area (Å²) in [4.78, 5) is 18.7. The SMILES string of the molecule is CN1CC(n2nnc3c2C=CNC3)=NC=C1C(=O)c1cccc(C(F)(F)F)c1Cl. The van der Waals surface area contributed by atoms with E-state index in [1.54, 1.807) is 22.8 Å². The van der Waals surface area contributed by atoms with Gasteiger partial charge in [0.05, 0.1) is 35.6 Å². The molecular formula is C18H14ClF3N6O. The maximum atomic E-state index is 13.1. The molecule has 2 aliphatic heterocycles. The number of rotatable bonds is 2. The summed E-state index contributed by atoms with van der Waals surface area (Å²) in [7, 11) is 1.64. The molecule has 0 bridgehead atoms. The molecule has 0 unspecified atom stereocenters. The van der Waals surface area contributed by atoms with Crippen LogP contribution < -0.4 is 5.32 Å². The zero-order chi connectivity index (χ0) is 20.8. The van der Waals surface area contributed by atoms with Gasteiger partial charge >= 0.3 is 6.18 Å². The monoisotopic (exact) mass is 422 g/mol. The number of nitrogens with zero attached hydrogens (tertiary/aromatic N) is 5. The fourth-order valence-electron chi connectivity index (χ4n) is 3.09. The standard InChI is InChI=1S/C18H14ClF3N6O/c1-27-9-15(28-13-5-6-23-7-12(13)25-26-28)24-8-14(27)17(29)10-3-2-4-11(16(10)19)18(20,21)22/h2-6,8,23H,7,9H2,1H3. The predicted octanol–water partition coefficient (Wildman–Crippen LogP) is 2.94. The van der Waals surface area contributed by atoms with Crippen molar-refractivity contribution in [2.24, 2.45) is 4.99 Å². The number of nitrogens with one attached hydrogen (secondary N) is 1. The third kappa shape index (κ3) is 3.39. The van der Waals surface area contributed by atoms with Gasteiger partial charge in [-0.2, -0.15) is 17.9 Å². The normalized spacial score (nSPS) is 16.1. The van der Waals surface area contributed by atoms with Gasteiger partial charge in [0.25, 0.3) is 0 Å². The van der Waals surface area contributed by atoms with Crippen LogP contribution in [0.15, 0.2) is 41.3 Å². The minimum atomic E-state index is -4.65. The second-order valence-corrected chi connectivity index (χ2v) is 6.84. The maximum absolute atomic E-state index is 13.1. The van der Waals surface area contributed by atoms with Gasteiger partial charge in [-0.15, -0.1) is 5.10 Å². The Morgan fingerprint density at radius 2 is 2.10 bits per heavy atom. The Morgan fingerprint density at radius 3 is 2.83 bits per heavy atom. The predicted molar refractivity (Wildman–Crippen MR) is 100 cm³/mol. The number of benzene rings is 1. The number of ketones is 1. The lowest BCUT2D eigenvalue weighted by Gasteiger charge is -2.26. The van der Waals surface area contributed by atoms with E-state index in [2.05, 4.69) is 20.6 Å². The van der Waals surface area contributed by atoms with Crippen molar-refractivity contribution < 1.29 is 18.0 Å². The van der Waals surface area contributed by atoms with Crippen LogP contribution in [0.3, 0.4) is 0 Å². The molecule has 0 spiro atoms. The average molecular weight is 423 g/mol. The summed E-state index contributed by atoms with van der Waals surface area (Å²) < 4.78 is 40.8. The Hall–Kier alpha value is -3.14. The van der Waals surface area contributed by atoms with Crippen molar-refractivity contribution in [3.63, 3.8) is 0 Å². The number of aliphatic imine (C=N–C) groups is 1. The lowest BCUT2D eigenvalue weighted by Crippen LogP contribution is -2.36. The van der Waals surface area contributed by atoms with Gasteiger partial charge in [0.2, 0.25) is 5.78 Å². The molecule has 2 aliphatic rings. The molecule has 2 aromatic rings. The fraction of sp³-hybridized carbons (Fsp3) is 0.222. The molecule has 4 rings (SSSR count). The minimum Gasteiger partial charge on any atom is -0.385 e. The maximum Gasteiger partial charge on any atom is 0.417 e. The summed E-state index contributed by atoms with van der Waals surface area (Å²) in [6.07, 6.45) is 0.237. The first-order valence-electron chi connectivity index (χ1n) is 8.50. The molecule has 0 atom stereocenters. The molecule has 3 heterocycles. The van der Waals surface area contributed by atoms with Gasteiger partial charge in [-0.25, -0.2) is 4.99 Å². The van der Waals surface area contributed by atoms with Crippen molar-refractivity contribution in [1.82, 2.24) is 25.2 Å². The Kier molecular flexibility index (Phi) is 4.65. The van der Waals surface area contributed by atoms with E-state index in [0.29, 0.717) is 12.4 Å². The van der Waals surface area contributed by atoms with Crippen molar-refractivity contribution in [2.45, 2.75) is 12.7 Å². The van der Waals surface area contributed by atoms with Crippen molar-refractivity contribution in [1.29, 1.82) is 0 Å². The Morgan fingerprint density at radius 1 is 1.31 bits per heavy atom. The second-order valence-electron chi connectivity index (χ2n) is 6.46. The van der Waals surface area contributed by atoms with E-state index < -0.39 is 22.5 Å². The highest BCUT2D eigenvalue weighted by Crippen LogP contribution is 2.37. The van der Waals surface area contributed by atoms with E-state index >= 15 is 0 Å². The summed E-state index contributed by atoms with van der Waals surface area (Å²) in [6.45, 7) is 0.758. The van der Waals surface area contributed by atoms with Crippen LogP contribution in [0.5, 0.6) is 0 Å². The first-order chi connectivity index (χ1) is 13.8. The number of aromatic nitrogens is 3. The molecule has 1 N–H and O–H groups in total. The van der Waals surface area contributed by atoms with Crippen LogP contribution in [0.25, 0.3) is 6.08 Å². The van der Waals surface area contributed by atoms with Gasteiger partial charge in [0, 0.05) is 12.6 Å². The van der Waals surface area contributed by atoms with Gasteiger partial charge < -0.3 is 10.2 Å². The van der Waals surface area contributed by atoms with E-state index in [4.69, 9.17) is 11.6 Å². The average Bonchev–Trinajstić information content (AvgIpc) is 3.11. The quantitative estimate of drug-likeness (QED) is 0.753. The minimum absolute atomic E-state index is 0.126. The molecule has 29 heavy (non-hydrogen) atoms. The van der Waals surface area contributed by atoms with Gasteiger partial charge in [-0.3, -0.25) is 4.79 Å².